The van der Waals surface area contributed by atoms with Crippen molar-refractivity contribution in [3.8, 4) is 17.9 Å². The van der Waals surface area contributed by atoms with Crippen LogP contribution in [0.2, 0.25) is 0 Å². The Labute approximate surface area is 149 Å². The third-order valence-electron chi connectivity index (χ3n) is 4.30. The molecule has 0 aromatic heterocycles. The number of nitrogens with zero attached hydrogens (tertiary/aromatic N) is 2. The maximum absolute atomic E-state index is 13.1. The molecule has 1 unspecified atom stereocenters. The van der Waals surface area contributed by atoms with Crippen LogP contribution in [0, 0.1) is 28.6 Å². The Hall–Kier alpha value is -2.74. The van der Waals surface area contributed by atoms with Gasteiger partial charge in [0.15, 0.2) is 5.54 Å². The van der Waals surface area contributed by atoms with Gasteiger partial charge in [-0.3, -0.25) is 4.79 Å². The number of halogens is 3. The predicted molar refractivity (Wildman–Crippen MR) is 85.8 cm³/mol. The molecule has 8 heteroatoms. The van der Waals surface area contributed by atoms with Gasteiger partial charge in [0.1, 0.15) is 12.4 Å². The second kappa shape index (κ2) is 7.65. The Kier molecular flexibility index (Phi) is 5.76. The molecular formula is C18H18F3N3O2. The number of benzene rings is 1. The number of hydrogen-bond acceptors (Lipinski definition) is 4. The summed E-state index contributed by atoms with van der Waals surface area (Å²) in [7, 11) is 0. The van der Waals surface area contributed by atoms with Crippen molar-refractivity contribution < 1.29 is 22.7 Å². The van der Waals surface area contributed by atoms with Gasteiger partial charge in [-0.25, -0.2) is 0 Å². The summed E-state index contributed by atoms with van der Waals surface area (Å²) in [4.78, 5) is 12.2. The number of ether oxygens (including phenoxy) is 1. The molecule has 0 spiro atoms. The molecule has 1 aromatic rings. The van der Waals surface area contributed by atoms with E-state index in [2.05, 4.69) is 5.32 Å². The lowest BCUT2D eigenvalue weighted by Gasteiger charge is -2.26. The number of alkyl halides is 3. The van der Waals surface area contributed by atoms with Crippen LogP contribution in [0.4, 0.5) is 13.2 Å². The van der Waals surface area contributed by atoms with Gasteiger partial charge in [0.25, 0.3) is 0 Å². The zero-order chi connectivity index (χ0) is 19.4. The first-order chi connectivity index (χ1) is 12.2. The van der Waals surface area contributed by atoms with Gasteiger partial charge >= 0.3 is 6.18 Å². The number of rotatable bonds is 5. The van der Waals surface area contributed by atoms with Crippen LogP contribution in [0.25, 0.3) is 0 Å². The minimum Gasteiger partial charge on any atom is -0.489 e. The van der Waals surface area contributed by atoms with Gasteiger partial charge in [-0.15, -0.1) is 0 Å². The molecule has 1 atom stereocenters. The Bertz CT molecular complexity index is 758. The van der Waals surface area contributed by atoms with E-state index in [1.165, 1.54) is 6.92 Å². The zero-order valence-electron chi connectivity index (χ0n) is 14.2. The van der Waals surface area contributed by atoms with Crippen molar-refractivity contribution in [1.29, 1.82) is 10.5 Å². The van der Waals surface area contributed by atoms with Gasteiger partial charge in [0, 0.05) is 5.92 Å². The smallest absolute Gasteiger partial charge is 0.419 e. The summed E-state index contributed by atoms with van der Waals surface area (Å²) >= 11 is 0. The predicted octanol–water partition coefficient (Wildman–Crippen LogP) is 3.54. The highest BCUT2D eigenvalue weighted by Crippen LogP contribution is 2.37. The van der Waals surface area contributed by atoms with Crippen LogP contribution in [-0.4, -0.2) is 18.1 Å². The lowest BCUT2D eigenvalue weighted by atomic mass is 10.0. The Balaban J connectivity index is 2.15. The number of hydrogen-bond donors (Lipinski definition) is 1. The molecule has 0 aliphatic heterocycles. The third kappa shape index (κ3) is 4.66. The van der Waals surface area contributed by atoms with E-state index in [1.54, 1.807) is 6.07 Å². The summed E-state index contributed by atoms with van der Waals surface area (Å²) in [5, 5.41) is 20.8. The maximum atomic E-state index is 13.1. The quantitative estimate of drug-likeness (QED) is 0.865. The largest absolute Gasteiger partial charge is 0.489 e. The normalized spacial score (nSPS) is 17.0. The molecule has 0 heterocycles. The van der Waals surface area contributed by atoms with E-state index in [-0.39, 0.29) is 17.4 Å². The topological polar surface area (TPSA) is 85.9 Å². The molecule has 1 amide bonds. The van der Waals surface area contributed by atoms with E-state index in [0.717, 1.165) is 43.9 Å². The minimum atomic E-state index is -4.67. The second-order valence-corrected chi connectivity index (χ2v) is 6.52. The average Bonchev–Trinajstić information content (AvgIpc) is 3.13. The molecule has 0 bridgehead atoms. The molecule has 0 saturated heterocycles. The molecule has 1 aromatic carbocycles. The van der Waals surface area contributed by atoms with E-state index in [4.69, 9.17) is 10.00 Å². The molecule has 5 nitrogen and oxygen atoms in total. The van der Waals surface area contributed by atoms with Crippen molar-refractivity contribution in [3.63, 3.8) is 0 Å². The monoisotopic (exact) mass is 365 g/mol. The van der Waals surface area contributed by atoms with Gasteiger partial charge < -0.3 is 10.1 Å². The number of carbonyl (C=O) groups excluding carboxylic acids is 1. The number of amides is 1. The first-order valence-corrected chi connectivity index (χ1v) is 8.16. The van der Waals surface area contributed by atoms with E-state index >= 15 is 0 Å². The van der Waals surface area contributed by atoms with Crippen LogP contribution in [0.3, 0.4) is 0 Å². The van der Waals surface area contributed by atoms with Gasteiger partial charge in [-0.1, -0.05) is 12.8 Å². The molecule has 2 rings (SSSR count). The van der Waals surface area contributed by atoms with Crippen molar-refractivity contribution in [2.45, 2.75) is 44.3 Å². The number of nitrogens with one attached hydrogen (secondary N) is 1. The summed E-state index contributed by atoms with van der Waals surface area (Å²) in [6.45, 7) is 0.918. The van der Waals surface area contributed by atoms with Crippen LogP contribution in [0.1, 0.15) is 43.7 Å². The lowest BCUT2D eigenvalue weighted by Crippen LogP contribution is -2.51. The maximum Gasteiger partial charge on any atom is 0.419 e. The Morgan fingerprint density at radius 2 is 1.96 bits per heavy atom. The summed E-state index contributed by atoms with van der Waals surface area (Å²) in [5.74, 6) is -1.03. The van der Waals surface area contributed by atoms with Crippen LogP contribution >= 0.6 is 0 Å². The van der Waals surface area contributed by atoms with Crippen molar-refractivity contribution in [1.82, 2.24) is 5.32 Å². The van der Waals surface area contributed by atoms with Gasteiger partial charge in [0.2, 0.25) is 5.91 Å². The molecule has 0 radical (unpaired) electrons. The van der Waals surface area contributed by atoms with Crippen molar-refractivity contribution >= 4 is 5.91 Å². The Morgan fingerprint density at radius 3 is 2.50 bits per heavy atom. The van der Waals surface area contributed by atoms with Crippen molar-refractivity contribution in [3.05, 3.63) is 29.3 Å². The average molecular weight is 365 g/mol. The number of carbonyl (C=O) groups is 1. The highest BCUT2D eigenvalue weighted by molar-refractivity contribution is 5.80. The molecule has 26 heavy (non-hydrogen) atoms. The standard InChI is InChI=1S/C18H18F3N3O2/c1-17(10-23,24-16(25)13-4-2-3-5-13)11-26-15-8-12(9-22)6-7-14(15)18(19,20)21/h6-8,13H,2-5,11H2,1H3,(H,24,25). The van der Waals surface area contributed by atoms with E-state index in [9.17, 15) is 23.2 Å². The SMILES string of the molecule is CC(C#N)(COc1cc(C#N)ccc1C(F)(F)F)NC(=O)C1CCCC1. The van der Waals surface area contributed by atoms with E-state index < -0.39 is 29.6 Å². The van der Waals surface area contributed by atoms with Crippen LogP contribution in [-0.2, 0) is 11.0 Å². The van der Waals surface area contributed by atoms with Crippen LogP contribution < -0.4 is 10.1 Å². The minimum absolute atomic E-state index is 0.00153. The number of nitriles is 2. The highest BCUT2D eigenvalue weighted by atomic mass is 19.4. The van der Waals surface area contributed by atoms with Crippen molar-refractivity contribution in [2.24, 2.45) is 5.92 Å². The fraction of sp³-hybridized carbons (Fsp3) is 0.500. The summed E-state index contributed by atoms with van der Waals surface area (Å²) in [6.07, 6.45) is -1.33. The lowest BCUT2D eigenvalue weighted by molar-refractivity contribution is -0.139. The Morgan fingerprint density at radius 1 is 1.31 bits per heavy atom. The summed E-state index contributed by atoms with van der Waals surface area (Å²) in [5.41, 5.74) is -2.52. The first kappa shape index (κ1) is 19.6. The fourth-order valence-corrected chi connectivity index (χ4v) is 2.83. The summed E-state index contributed by atoms with van der Waals surface area (Å²) < 4.78 is 44.5. The van der Waals surface area contributed by atoms with E-state index in [0.29, 0.717) is 0 Å². The van der Waals surface area contributed by atoms with E-state index in [1.807, 2.05) is 6.07 Å². The van der Waals surface area contributed by atoms with Gasteiger partial charge in [-0.05, 0) is 38.0 Å². The zero-order valence-corrected chi connectivity index (χ0v) is 14.2. The molecule has 138 valence electrons. The van der Waals surface area contributed by atoms with Gasteiger partial charge in [0.05, 0.1) is 23.3 Å². The fourth-order valence-electron chi connectivity index (χ4n) is 2.83. The molecular weight excluding hydrogens is 347 g/mol. The van der Waals surface area contributed by atoms with Crippen molar-refractivity contribution in [2.75, 3.05) is 6.61 Å². The molecule has 1 fully saturated rings. The van der Waals surface area contributed by atoms with Crippen LogP contribution in [0.5, 0.6) is 5.75 Å². The molecule has 1 aliphatic rings. The molecule has 1 saturated carbocycles. The van der Waals surface area contributed by atoms with Crippen LogP contribution in [0.15, 0.2) is 18.2 Å². The second-order valence-electron chi connectivity index (χ2n) is 6.52. The summed E-state index contributed by atoms with van der Waals surface area (Å²) in [6, 6.07) is 6.40. The first-order valence-electron chi connectivity index (χ1n) is 8.16. The van der Waals surface area contributed by atoms with Gasteiger partial charge in [-0.2, -0.15) is 23.7 Å². The molecule has 1 N–H and O–H groups in total. The third-order valence-corrected chi connectivity index (χ3v) is 4.30. The highest BCUT2D eigenvalue weighted by Gasteiger charge is 2.36. The molecule has 1 aliphatic carbocycles.